The zero-order chi connectivity index (χ0) is 26.3. The highest BCUT2D eigenvalue weighted by Crippen LogP contribution is 2.46. The van der Waals surface area contributed by atoms with E-state index in [9.17, 15) is 15.2 Å². The van der Waals surface area contributed by atoms with Crippen molar-refractivity contribution in [3.63, 3.8) is 0 Å². The number of nitro benzene ring substituents is 1. The first-order chi connectivity index (χ1) is 17.8. The first-order valence-electron chi connectivity index (χ1n) is 11.6. The largest absolute Gasteiger partial charge is 0.506 e. The van der Waals surface area contributed by atoms with E-state index in [2.05, 4.69) is 10.3 Å². The molecule has 3 heterocycles. The third-order valence-electron chi connectivity index (χ3n) is 6.64. The average molecular weight is 516 g/mol. The second-order valence-electron chi connectivity index (χ2n) is 8.76. The van der Waals surface area contributed by atoms with Crippen molar-refractivity contribution in [2.45, 2.75) is 25.9 Å². The monoisotopic (exact) mass is 515 g/mol. The van der Waals surface area contributed by atoms with Gasteiger partial charge in [0.05, 0.1) is 41.2 Å². The van der Waals surface area contributed by atoms with Gasteiger partial charge in [0.15, 0.2) is 5.11 Å². The van der Waals surface area contributed by atoms with E-state index in [4.69, 9.17) is 17.0 Å². The zero-order valence-corrected chi connectivity index (χ0v) is 21.3. The number of phenols is 1. The van der Waals surface area contributed by atoms with E-state index in [1.165, 1.54) is 19.2 Å². The highest BCUT2D eigenvalue weighted by molar-refractivity contribution is 7.80. The van der Waals surface area contributed by atoms with Gasteiger partial charge in [-0.15, -0.1) is 0 Å². The minimum absolute atomic E-state index is 0.0317. The van der Waals surface area contributed by atoms with Crippen LogP contribution in [0.4, 0.5) is 11.4 Å². The molecule has 37 heavy (non-hydrogen) atoms. The molecule has 0 unspecified atom stereocenters. The van der Waals surface area contributed by atoms with Crippen LogP contribution in [0.3, 0.4) is 0 Å². The Kier molecular flexibility index (Phi) is 6.26. The number of para-hydroxylation sites is 2. The average Bonchev–Trinajstić information content (AvgIpc) is 3.39. The molecule has 1 fully saturated rings. The molecular formula is C27H25N5O4S. The number of methoxy groups -OCH3 is 1. The van der Waals surface area contributed by atoms with Crippen molar-refractivity contribution in [3.8, 4) is 17.2 Å². The molecule has 9 nitrogen and oxygen atoms in total. The lowest BCUT2D eigenvalue weighted by Gasteiger charge is -2.28. The molecule has 0 radical (unpaired) electrons. The van der Waals surface area contributed by atoms with Crippen LogP contribution in [0.1, 0.15) is 34.7 Å². The Morgan fingerprint density at radius 1 is 1.08 bits per heavy atom. The Morgan fingerprint density at radius 2 is 1.84 bits per heavy atom. The fourth-order valence-corrected chi connectivity index (χ4v) is 5.36. The number of hydrogen-bond donors (Lipinski definition) is 2. The van der Waals surface area contributed by atoms with E-state index < -0.39 is 4.92 Å². The van der Waals surface area contributed by atoms with E-state index in [1.54, 1.807) is 24.4 Å². The van der Waals surface area contributed by atoms with Crippen molar-refractivity contribution >= 4 is 28.7 Å². The zero-order valence-electron chi connectivity index (χ0n) is 20.5. The number of phenolic OH excluding ortho intramolecular Hbond substituents is 1. The first kappa shape index (κ1) is 24.3. The fraction of sp³-hybridized carbons (Fsp3) is 0.185. The van der Waals surface area contributed by atoms with Crippen LogP contribution in [0.5, 0.6) is 11.5 Å². The molecule has 10 heteroatoms. The lowest BCUT2D eigenvalue weighted by atomic mass is 9.96. The van der Waals surface area contributed by atoms with Crippen molar-refractivity contribution in [2.24, 2.45) is 0 Å². The molecule has 1 saturated heterocycles. The predicted molar refractivity (Wildman–Crippen MR) is 144 cm³/mol. The maximum absolute atomic E-state index is 11.5. The number of aromatic nitrogens is 2. The van der Waals surface area contributed by atoms with Gasteiger partial charge in [-0.3, -0.25) is 15.1 Å². The van der Waals surface area contributed by atoms with Crippen LogP contribution in [0.15, 0.2) is 72.9 Å². The molecule has 0 bridgehead atoms. The van der Waals surface area contributed by atoms with Gasteiger partial charge < -0.3 is 24.6 Å². The van der Waals surface area contributed by atoms with E-state index >= 15 is 0 Å². The summed E-state index contributed by atoms with van der Waals surface area (Å²) < 4.78 is 7.51. The number of non-ortho nitro benzene ring substituents is 1. The van der Waals surface area contributed by atoms with Crippen LogP contribution in [-0.2, 0) is 0 Å². The Balaban J connectivity index is 1.72. The molecule has 0 amide bonds. The van der Waals surface area contributed by atoms with Crippen LogP contribution < -0.4 is 15.0 Å². The topological polar surface area (TPSA) is 106 Å². The number of benzene rings is 2. The van der Waals surface area contributed by atoms with Crippen molar-refractivity contribution in [1.82, 2.24) is 14.9 Å². The molecular weight excluding hydrogens is 490 g/mol. The number of ether oxygens (including phenoxy) is 1. The summed E-state index contributed by atoms with van der Waals surface area (Å²) in [4.78, 5) is 17.6. The van der Waals surface area contributed by atoms with Gasteiger partial charge in [-0.05, 0) is 68.0 Å². The maximum Gasteiger partial charge on any atom is 0.271 e. The summed E-state index contributed by atoms with van der Waals surface area (Å²) >= 11 is 5.77. The SMILES string of the molecule is COc1ccc([N+](=O)[O-])cc1-n1c(C)cc([C@@H]2[C@H](c3ccccn3)NC(=S)N2c2ccccc2O)c1C. The second-order valence-corrected chi connectivity index (χ2v) is 9.15. The van der Waals surface area contributed by atoms with E-state index in [0.29, 0.717) is 22.2 Å². The van der Waals surface area contributed by atoms with E-state index in [0.717, 1.165) is 22.6 Å². The van der Waals surface area contributed by atoms with Gasteiger partial charge in [-0.25, -0.2) is 0 Å². The van der Waals surface area contributed by atoms with Gasteiger partial charge in [0.1, 0.15) is 11.5 Å². The number of nitrogens with one attached hydrogen (secondary N) is 1. The number of nitro groups is 1. The summed E-state index contributed by atoms with van der Waals surface area (Å²) in [6.07, 6.45) is 1.73. The summed E-state index contributed by atoms with van der Waals surface area (Å²) in [6, 6.07) is 18.7. The lowest BCUT2D eigenvalue weighted by Crippen LogP contribution is -2.29. The minimum Gasteiger partial charge on any atom is -0.506 e. The minimum atomic E-state index is -0.422. The summed E-state index contributed by atoms with van der Waals surface area (Å²) in [5.74, 6) is 0.616. The Morgan fingerprint density at radius 3 is 2.51 bits per heavy atom. The molecule has 2 aromatic carbocycles. The number of anilines is 1. The van der Waals surface area contributed by atoms with Crippen molar-refractivity contribution < 1.29 is 14.8 Å². The molecule has 188 valence electrons. The third-order valence-corrected chi connectivity index (χ3v) is 6.96. The van der Waals surface area contributed by atoms with Crippen molar-refractivity contribution in [2.75, 3.05) is 12.0 Å². The van der Waals surface area contributed by atoms with Crippen LogP contribution in [0.2, 0.25) is 0 Å². The molecule has 2 atom stereocenters. The molecule has 0 spiro atoms. The summed E-state index contributed by atoms with van der Waals surface area (Å²) in [5, 5.41) is 26.1. The fourth-order valence-electron chi connectivity index (χ4n) is 5.02. The highest BCUT2D eigenvalue weighted by atomic mass is 32.1. The quantitative estimate of drug-likeness (QED) is 0.203. The number of pyridine rings is 1. The molecule has 2 aromatic heterocycles. The summed E-state index contributed by atoms with van der Waals surface area (Å²) in [6.45, 7) is 3.90. The van der Waals surface area contributed by atoms with Gasteiger partial charge in [0.2, 0.25) is 0 Å². The third kappa shape index (κ3) is 4.15. The van der Waals surface area contributed by atoms with Crippen molar-refractivity contribution in [3.05, 3.63) is 106 Å². The first-order valence-corrected chi connectivity index (χ1v) is 12.0. The Labute approximate surface area is 219 Å². The van der Waals surface area contributed by atoms with Crippen LogP contribution in [0.25, 0.3) is 5.69 Å². The molecule has 1 aliphatic rings. The lowest BCUT2D eigenvalue weighted by molar-refractivity contribution is -0.384. The predicted octanol–water partition coefficient (Wildman–Crippen LogP) is 5.29. The normalized spacial score (nSPS) is 17.1. The highest BCUT2D eigenvalue weighted by Gasteiger charge is 2.43. The van der Waals surface area contributed by atoms with Crippen molar-refractivity contribution in [1.29, 1.82) is 0 Å². The number of thiocarbonyl (C=S) groups is 1. The number of nitrogens with zero attached hydrogens (tertiary/aromatic N) is 4. The molecule has 1 aliphatic heterocycles. The Hall–Kier alpha value is -4.44. The van der Waals surface area contributed by atoms with E-state index in [1.807, 2.05) is 59.7 Å². The number of aromatic hydroxyl groups is 1. The molecule has 5 rings (SSSR count). The summed E-state index contributed by atoms with van der Waals surface area (Å²) in [5.41, 5.74) is 4.55. The van der Waals surface area contributed by atoms with E-state index in [-0.39, 0.29) is 23.5 Å². The van der Waals surface area contributed by atoms with Crippen LogP contribution >= 0.6 is 12.2 Å². The number of aryl methyl sites for hydroxylation is 1. The van der Waals surface area contributed by atoms with Gasteiger partial charge in [0.25, 0.3) is 5.69 Å². The van der Waals surface area contributed by atoms with Crippen LogP contribution in [0, 0.1) is 24.0 Å². The second kappa shape index (κ2) is 9.55. The molecule has 2 N–H and O–H groups in total. The smallest absolute Gasteiger partial charge is 0.271 e. The van der Waals surface area contributed by atoms with Gasteiger partial charge >= 0.3 is 0 Å². The number of rotatable bonds is 6. The molecule has 4 aromatic rings. The Bertz CT molecular complexity index is 1500. The standard InChI is InChI=1S/C27H25N5O4S/c1-16-14-19(17(2)30(16)22-15-18(32(34)35)11-12-24(22)36-3)26-25(20-8-6-7-13-28-20)29-27(37)31(26)21-9-4-5-10-23(21)33/h4-15,25-26,33H,1-3H3,(H,29,37)/t25-,26+/m0/s1. The van der Waals surface area contributed by atoms with Crippen LogP contribution in [-0.4, -0.2) is 31.8 Å². The maximum atomic E-state index is 11.5. The van der Waals surface area contributed by atoms with Gasteiger partial charge in [-0.2, -0.15) is 0 Å². The number of hydrogen-bond acceptors (Lipinski definition) is 6. The van der Waals surface area contributed by atoms with Gasteiger partial charge in [-0.1, -0.05) is 18.2 Å². The summed E-state index contributed by atoms with van der Waals surface area (Å²) in [7, 11) is 1.54. The van der Waals surface area contributed by atoms with Gasteiger partial charge in [0, 0.05) is 29.7 Å². The molecule has 0 saturated carbocycles. The molecule has 0 aliphatic carbocycles.